The highest BCUT2D eigenvalue weighted by Crippen LogP contribution is 2.34. The van der Waals surface area contributed by atoms with Crippen molar-refractivity contribution >= 4 is 42.6 Å². The van der Waals surface area contributed by atoms with Gasteiger partial charge in [-0.3, -0.25) is 19.3 Å². The quantitative estimate of drug-likeness (QED) is 0.0330. The van der Waals surface area contributed by atoms with E-state index in [0.717, 1.165) is 57.1 Å². The first-order valence-corrected chi connectivity index (χ1v) is 17.1. The number of likely N-dealkylation sites (tertiary alicyclic amines) is 1. The van der Waals surface area contributed by atoms with E-state index in [1.165, 1.54) is 0 Å². The molecular formula is C37H50ClNO6S. The van der Waals surface area contributed by atoms with Gasteiger partial charge in [0.15, 0.2) is 0 Å². The molecule has 0 N–H and O–H groups in total. The molecule has 0 aromatic heterocycles. The fourth-order valence-corrected chi connectivity index (χ4v) is 5.62. The summed E-state index contributed by atoms with van der Waals surface area (Å²) in [6, 6.07) is 7.21. The van der Waals surface area contributed by atoms with Gasteiger partial charge in [-0.2, -0.15) is 12.6 Å². The number of hydrogen-bond donors (Lipinski definition) is 1. The lowest BCUT2D eigenvalue weighted by Gasteiger charge is -2.40. The van der Waals surface area contributed by atoms with Crippen molar-refractivity contribution in [3.8, 4) is 0 Å². The highest BCUT2D eigenvalue weighted by atomic mass is 35.5. The summed E-state index contributed by atoms with van der Waals surface area (Å²) in [5.74, 6) is -0.935. The third-order valence-electron chi connectivity index (χ3n) is 7.53. The molecule has 1 aromatic carbocycles. The molecule has 2 unspecified atom stereocenters. The van der Waals surface area contributed by atoms with Gasteiger partial charge in [-0.05, 0) is 75.5 Å². The second-order valence-electron chi connectivity index (χ2n) is 11.0. The van der Waals surface area contributed by atoms with Gasteiger partial charge in [0.1, 0.15) is 6.61 Å². The predicted octanol–water partition coefficient (Wildman–Crippen LogP) is 8.53. The molecule has 2 rings (SSSR count). The van der Waals surface area contributed by atoms with Crippen LogP contribution in [0, 0.1) is 5.92 Å². The Bertz CT molecular complexity index is 1180. The zero-order chi connectivity index (χ0) is 33.2. The Hall–Kier alpha value is -3.07. The monoisotopic (exact) mass is 671 g/mol. The van der Waals surface area contributed by atoms with Gasteiger partial charge in [-0.1, -0.05) is 97.5 Å². The number of allylic oxidation sites excluding steroid dienone is 10. The average Bonchev–Trinajstić information content (AvgIpc) is 3.04. The van der Waals surface area contributed by atoms with Crippen LogP contribution in [0.4, 0.5) is 0 Å². The lowest BCUT2D eigenvalue weighted by molar-refractivity contribution is -0.168. The number of ether oxygens (including phenoxy) is 3. The number of halogens is 1. The van der Waals surface area contributed by atoms with Crippen molar-refractivity contribution in [2.24, 2.45) is 5.92 Å². The Morgan fingerprint density at radius 2 is 1.54 bits per heavy atom. The van der Waals surface area contributed by atoms with Crippen molar-refractivity contribution in [2.45, 2.75) is 82.4 Å². The first kappa shape index (κ1) is 39.1. The second-order valence-corrected chi connectivity index (χ2v) is 12.1. The van der Waals surface area contributed by atoms with Crippen molar-refractivity contribution in [3.63, 3.8) is 0 Å². The molecule has 1 fully saturated rings. The smallest absolute Gasteiger partial charge is 0.309 e. The van der Waals surface area contributed by atoms with Crippen molar-refractivity contribution < 1.29 is 28.6 Å². The van der Waals surface area contributed by atoms with E-state index in [1.807, 2.05) is 18.2 Å². The van der Waals surface area contributed by atoms with E-state index in [9.17, 15) is 14.4 Å². The molecule has 252 valence electrons. The molecular weight excluding hydrogens is 622 g/mol. The fraction of sp³-hybridized carbons (Fsp3) is 0.486. The Morgan fingerprint density at radius 3 is 2.17 bits per heavy atom. The number of rotatable bonds is 22. The first-order chi connectivity index (χ1) is 22.5. The molecule has 1 heterocycles. The summed E-state index contributed by atoms with van der Waals surface area (Å²) in [6.07, 6.45) is 28.9. The number of benzene rings is 1. The summed E-state index contributed by atoms with van der Waals surface area (Å²) in [5.41, 5.74) is 0.859. The van der Waals surface area contributed by atoms with E-state index in [2.05, 4.69) is 72.6 Å². The number of unbranched alkanes of at least 4 members (excludes halogenated alkanes) is 1. The van der Waals surface area contributed by atoms with Gasteiger partial charge in [0.2, 0.25) is 6.79 Å². The zero-order valence-corrected chi connectivity index (χ0v) is 28.7. The van der Waals surface area contributed by atoms with Crippen LogP contribution in [0.15, 0.2) is 85.0 Å². The van der Waals surface area contributed by atoms with Crippen molar-refractivity contribution in [1.82, 2.24) is 4.90 Å². The Morgan fingerprint density at radius 1 is 0.935 bits per heavy atom. The number of nitrogens with zero attached hydrogens (tertiary/aromatic N) is 1. The molecule has 46 heavy (non-hydrogen) atoms. The van der Waals surface area contributed by atoms with E-state index in [-0.39, 0.29) is 36.7 Å². The molecule has 1 saturated heterocycles. The van der Waals surface area contributed by atoms with Crippen LogP contribution in [-0.2, 0) is 28.6 Å². The number of hydrogen-bond acceptors (Lipinski definition) is 8. The molecule has 0 radical (unpaired) electrons. The Balaban J connectivity index is 1.59. The largest absolute Gasteiger partial charge is 0.466 e. The van der Waals surface area contributed by atoms with Gasteiger partial charge in [0, 0.05) is 23.2 Å². The number of piperidine rings is 1. The third kappa shape index (κ3) is 17.0. The number of carbonyl (C=O) groups is 3. The van der Waals surface area contributed by atoms with E-state index in [0.29, 0.717) is 24.5 Å². The molecule has 3 atom stereocenters. The molecule has 0 bridgehead atoms. The minimum atomic E-state index is -0.448. The minimum absolute atomic E-state index is 0.00110. The number of esters is 2. The van der Waals surface area contributed by atoms with Crippen molar-refractivity contribution in [2.75, 3.05) is 26.5 Å². The summed E-state index contributed by atoms with van der Waals surface area (Å²) in [6.45, 7) is 3.59. The maximum Gasteiger partial charge on any atom is 0.309 e. The van der Waals surface area contributed by atoms with Crippen LogP contribution in [0.1, 0.15) is 82.7 Å². The summed E-state index contributed by atoms with van der Waals surface area (Å²) in [4.78, 5) is 37.7. The van der Waals surface area contributed by atoms with E-state index in [4.69, 9.17) is 38.4 Å². The fourth-order valence-electron chi connectivity index (χ4n) is 5.04. The van der Waals surface area contributed by atoms with Gasteiger partial charge in [0.25, 0.3) is 6.47 Å². The average molecular weight is 672 g/mol. The van der Waals surface area contributed by atoms with Gasteiger partial charge < -0.3 is 14.2 Å². The normalized spacial score (nSPS) is 18.2. The number of carbonyl (C=O) groups excluding carboxylic acids is 3. The molecule has 0 spiro atoms. The maximum absolute atomic E-state index is 12.6. The molecule has 0 amide bonds. The molecule has 1 aliphatic heterocycles. The molecule has 9 heteroatoms. The maximum atomic E-state index is 12.6. The van der Waals surface area contributed by atoms with Crippen LogP contribution in [0.5, 0.6) is 0 Å². The molecule has 7 nitrogen and oxygen atoms in total. The van der Waals surface area contributed by atoms with E-state index >= 15 is 0 Å². The third-order valence-corrected chi connectivity index (χ3v) is 8.55. The van der Waals surface area contributed by atoms with Gasteiger partial charge in [-0.15, -0.1) is 0 Å². The van der Waals surface area contributed by atoms with Crippen LogP contribution < -0.4 is 0 Å². The molecule has 0 aliphatic carbocycles. The van der Waals surface area contributed by atoms with Gasteiger partial charge in [-0.25, -0.2) is 0 Å². The Kier molecular flexibility index (Phi) is 21.3. The second kappa shape index (κ2) is 25.1. The van der Waals surface area contributed by atoms with Crippen LogP contribution in [-0.4, -0.2) is 55.1 Å². The summed E-state index contributed by atoms with van der Waals surface area (Å²) in [5, 5.41) is 0.590. The molecule has 1 aliphatic rings. The van der Waals surface area contributed by atoms with Crippen molar-refractivity contribution in [1.29, 1.82) is 0 Å². The highest BCUT2D eigenvalue weighted by molar-refractivity contribution is 7.81. The summed E-state index contributed by atoms with van der Waals surface area (Å²) >= 11 is 11.1. The SMILES string of the molecule is CC/C=C\C/C=C\C/C=C\C/C=C\C/C=C\CCCC(=O)OCOC(=O)CC1CN([C@H](COC=O)c2ccccc2Cl)CCC1S. The standard InChI is InChI=1S/C37H50ClNO6S/c1-2-3-4-5-6-7-8-9-10-11-12-13-14-15-16-17-18-23-36(41)44-30-45-37(42)26-31-27-39(25-24-35(31)46)34(28-43-29-40)32-21-19-20-22-33(32)38/h3-4,6-7,9-10,12-13,15-16,19-22,29,31,34-35,46H,2,5,8,11,14,17-18,23-28,30H2,1H3/b4-3-,7-6-,10-9-,13-12-,16-15-/t31?,34-,35?/m1/s1. The minimum Gasteiger partial charge on any atom is -0.466 e. The Labute approximate surface area is 285 Å². The highest BCUT2D eigenvalue weighted by Gasteiger charge is 2.34. The van der Waals surface area contributed by atoms with Crippen molar-refractivity contribution in [3.05, 3.63) is 95.6 Å². The van der Waals surface area contributed by atoms with Crippen LogP contribution in [0.3, 0.4) is 0 Å². The van der Waals surface area contributed by atoms with E-state index < -0.39 is 18.7 Å². The first-order valence-electron chi connectivity index (χ1n) is 16.2. The summed E-state index contributed by atoms with van der Waals surface area (Å²) in [7, 11) is 0. The van der Waals surface area contributed by atoms with Gasteiger partial charge >= 0.3 is 11.9 Å². The van der Waals surface area contributed by atoms with Gasteiger partial charge in [0.05, 0.1) is 12.5 Å². The summed E-state index contributed by atoms with van der Waals surface area (Å²) < 4.78 is 15.4. The topological polar surface area (TPSA) is 82.1 Å². The molecule has 0 saturated carbocycles. The predicted molar refractivity (Wildman–Crippen MR) is 189 cm³/mol. The van der Waals surface area contributed by atoms with Crippen LogP contribution in [0.2, 0.25) is 5.02 Å². The van der Waals surface area contributed by atoms with Crippen LogP contribution >= 0.6 is 24.2 Å². The molecule has 1 aromatic rings. The lowest BCUT2D eigenvalue weighted by Crippen LogP contribution is -2.45. The zero-order valence-electron chi connectivity index (χ0n) is 27.0. The van der Waals surface area contributed by atoms with E-state index in [1.54, 1.807) is 6.07 Å². The lowest BCUT2D eigenvalue weighted by atomic mass is 9.92. The number of thiol groups is 1. The van der Waals surface area contributed by atoms with Crippen LogP contribution in [0.25, 0.3) is 0 Å².